The largest absolute Gasteiger partial charge is 0.465 e. The number of carbonyl (C=O) groups excluding carboxylic acids is 2. The molecule has 0 aliphatic carbocycles. The predicted octanol–water partition coefficient (Wildman–Crippen LogP) is 3.15. The number of fused-ring (bicyclic) bond motifs is 1. The van der Waals surface area contributed by atoms with Gasteiger partial charge >= 0.3 is 5.97 Å². The molecule has 3 rings (SSSR count). The Hall–Kier alpha value is -2.62. The summed E-state index contributed by atoms with van der Waals surface area (Å²) in [5.41, 5.74) is 2.35. The number of ether oxygens (including phenoxy) is 1. The Balaban J connectivity index is 2.28. The van der Waals surface area contributed by atoms with E-state index in [9.17, 15) is 9.59 Å². The second kappa shape index (κ2) is 5.54. The number of likely N-dealkylation sites (N-methyl/N-ethyl adjacent to an activating group) is 1. The quantitative estimate of drug-likeness (QED) is 0.818. The van der Waals surface area contributed by atoms with Crippen molar-refractivity contribution in [2.45, 2.75) is 18.8 Å². The van der Waals surface area contributed by atoms with E-state index in [1.54, 1.807) is 24.1 Å². The maximum atomic E-state index is 13.1. The zero-order valence-corrected chi connectivity index (χ0v) is 13.5. The van der Waals surface area contributed by atoms with E-state index in [0.717, 1.165) is 16.8 Å². The van der Waals surface area contributed by atoms with E-state index in [-0.39, 0.29) is 5.91 Å². The fourth-order valence-corrected chi connectivity index (χ4v) is 3.47. The summed E-state index contributed by atoms with van der Waals surface area (Å²) >= 11 is 0. The molecule has 0 fully saturated rings. The van der Waals surface area contributed by atoms with Crippen molar-refractivity contribution < 1.29 is 14.3 Å². The number of benzene rings is 2. The summed E-state index contributed by atoms with van der Waals surface area (Å²) in [7, 11) is 3.14. The Labute approximate surface area is 135 Å². The third kappa shape index (κ3) is 2.05. The van der Waals surface area contributed by atoms with E-state index in [4.69, 9.17) is 4.74 Å². The fraction of sp³-hybridized carbons (Fsp3) is 0.263. The molecule has 0 bridgehead atoms. The van der Waals surface area contributed by atoms with Crippen molar-refractivity contribution >= 4 is 17.6 Å². The van der Waals surface area contributed by atoms with Crippen LogP contribution in [0.4, 0.5) is 5.69 Å². The van der Waals surface area contributed by atoms with E-state index in [2.05, 4.69) is 0 Å². The Morgan fingerprint density at radius 2 is 1.87 bits per heavy atom. The van der Waals surface area contributed by atoms with Gasteiger partial charge in [-0.25, -0.2) is 4.79 Å². The highest BCUT2D eigenvalue weighted by atomic mass is 16.5. The van der Waals surface area contributed by atoms with Crippen LogP contribution < -0.4 is 4.90 Å². The molecule has 1 amide bonds. The topological polar surface area (TPSA) is 46.6 Å². The Morgan fingerprint density at radius 3 is 2.48 bits per heavy atom. The molecule has 1 atom stereocenters. The maximum Gasteiger partial charge on any atom is 0.337 e. The summed E-state index contributed by atoms with van der Waals surface area (Å²) in [5, 5.41) is 0. The van der Waals surface area contributed by atoms with Gasteiger partial charge in [-0.3, -0.25) is 4.79 Å². The molecule has 23 heavy (non-hydrogen) atoms. The lowest BCUT2D eigenvalue weighted by Crippen LogP contribution is -2.39. The average Bonchev–Trinajstić information content (AvgIpc) is 2.83. The minimum absolute atomic E-state index is 0.0308. The normalized spacial score (nSPS) is 19.6. The van der Waals surface area contributed by atoms with Gasteiger partial charge in [0.25, 0.3) is 0 Å². The van der Waals surface area contributed by atoms with Crippen LogP contribution in [0.25, 0.3) is 0 Å². The Bertz CT molecular complexity index is 769. The molecule has 0 saturated carbocycles. The lowest BCUT2D eigenvalue weighted by atomic mass is 9.73. The molecule has 4 nitrogen and oxygen atoms in total. The van der Waals surface area contributed by atoms with Gasteiger partial charge in [0.2, 0.25) is 5.91 Å². The Morgan fingerprint density at radius 1 is 1.17 bits per heavy atom. The second-order valence-corrected chi connectivity index (χ2v) is 5.71. The molecule has 4 heteroatoms. The first-order valence-corrected chi connectivity index (χ1v) is 7.62. The third-order valence-electron chi connectivity index (χ3n) is 4.71. The van der Waals surface area contributed by atoms with Gasteiger partial charge in [0.1, 0.15) is 5.41 Å². The molecular weight excluding hydrogens is 290 g/mol. The lowest BCUT2D eigenvalue weighted by molar-refractivity contribution is -0.121. The minimum atomic E-state index is -0.755. The monoisotopic (exact) mass is 309 g/mol. The number of anilines is 1. The number of methoxy groups -OCH3 is 1. The molecule has 0 radical (unpaired) electrons. The van der Waals surface area contributed by atoms with Crippen LogP contribution in [-0.2, 0) is 14.9 Å². The van der Waals surface area contributed by atoms with Crippen molar-refractivity contribution in [3.63, 3.8) is 0 Å². The first-order valence-electron chi connectivity index (χ1n) is 7.62. The molecule has 0 spiro atoms. The third-order valence-corrected chi connectivity index (χ3v) is 4.71. The van der Waals surface area contributed by atoms with Crippen molar-refractivity contribution in [2.75, 3.05) is 19.1 Å². The predicted molar refractivity (Wildman–Crippen MR) is 88.7 cm³/mol. The highest BCUT2D eigenvalue weighted by Gasteiger charge is 2.49. The van der Waals surface area contributed by atoms with Crippen molar-refractivity contribution in [3.05, 3.63) is 65.2 Å². The Kier molecular flexibility index (Phi) is 3.68. The number of esters is 1. The van der Waals surface area contributed by atoms with E-state index in [1.165, 1.54) is 7.11 Å². The van der Waals surface area contributed by atoms with Gasteiger partial charge in [0, 0.05) is 12.7 Å². The maximum absolute atomic E-state index is 13.1. The molecule has 118 valence electrons. The number of rotatable bonds is 3. The van der Waals surface area contributed by atoms with Crippen LogP contribution in [0.1, 0.15) is 34.8 Å². The van der Waals surface area contributed by atoms with Gasteiger partial charge in [-0.1, -0.05) is 37.3 Å². The molecule has 1 unspecified atom stereocenters. The fourth-order valence-electron chi connectivity index (χ4n) is 3.47. The summed E-state index contributed by atoms with van der Waals surface area (Å²) in [6.45, 7) is 2.00. The molecule has 2 aromatic rings. The average molecular weight is 309 g/mol. The van der Waals surface area contributed by atoms with Gasteiger partial charge in [-0.05, 0) is 35.7 Å². The van der Waals surface area contributed by atoms with Crippen LogP contribution >= 0.6 is 0 Å². The molecule has 0 N–H and O–H groups in total. The number of nitrogens with zero attached hydrogens (tertiary/aromatic N) is 1. The van der Waals surface area contributed by atoms with Crippen molar-refractivity contribution in [1.29, 1.82) is 0 Å². The second-order valence-electron chi connectivity index (χ2n) is 5.71. The van der Waals surface area contributed by atoms with E-state index >= 15 is 0 Å². The van der Waals surface area contributed by atoms with Gasteiger partial charge in [-0.15, -0.1) is 0 Å². The van der Waals surface area contributed by atoms with E-state index in [0.29, 0.717) is 12.0 Å². The van der Waals surface area contributed by atoms with E-state index in [1.807, 2.05) is 43.3 Å². The van der Waals surface area contributed by atoms with Crippen LogP contribution in [0.2, 0.25) is 0 Å². The first-order chi connectivity index (χ1) is 11.1. The SMILES string of the molecule is CCC1(c2ccccc2)C(=O)N(C)c2ccc(C(=O)OC)cc21. The van der Waals surface area contributed by atoms with E-state index < -0.39 is 11.4 Å². The molecule has 0 saturated heterocycles. The van der Waals surface area contributed by atoms with Gasteiger partial charge in [-0.2, -0.15) is 0 Å². The van der Waals surface area contributed by atoms with Crippen molar-refractivity contribution in [1.82, 2.24) is 0 Å². The van der Waals surface area contributed by atoms with Gasteiger partial charge < -0.3 is 9.64 Å². The molecular formula is C19H19NO3. The van der Waals surface area contributed by atoms with Crippen LogP contribution in [0.3, 0.4) is 0 Å². The summed E-state index contributed by atoms with van der Waals surface area (Å²) in [5.74, 6) is -0.365. The van der Waals surface area contributed by atoms with Crippen LogP contribution in [0.15, 0.2) is 48.5 Å². The highest BCUT2D eigenvalue weighted by molar-refractivity contribution is 6.10. The number of amides is 1. The summed E-state index contributed by atoms with van der Waals surface area (Å²) < 4.78 is 4.82. The first kappa shape index (κ1) is 15.3. The number of hydrogen-bond donors (Lipinski definition) is 0. The molecule has 0 aromatic heterocycles. The number of carbonyl (C=O) groups is 2. The highest BCUT2D eigenvalue weighted by Crippen LogP contribution is 2.47. The number of hydrogen-bond acceptors (Lipinski definition) is 3. The smallest absolute Gasteiger partial charge is 0.337 e. The lowest BCUT2D eigenvalue weighted by Gasteiger charge is -2.27. The zero-order valence-electron chi connectivity index (χ0n) is 13.5. The molecule has 2 aromatic carbocycles. The molecule has 1 aliphatic heterocycles. The summed E-state index contributed by atoms with van der Waals surface area (Å²) in [6.07, 6.45) is 0.623. The molecule has 1 aliphatic rings. The van der Waals surface area contributed by atoms with Gasteiger partial charge in [0.05, 0.1) is 12.7 Å². The minimum Gasteiger partial charge on any atom is -0.465 e. The summed E-state index contributed by atoms with van der Waals surface area (Å²) in [4.78, 5) is 26.6. The van der Waals surface area contributed by atoms with Crippen LogP contribution in [-0.4, -0.2) is 26.0 Å². The molecule has 1 heterocycles. The van der Waals surface area contributed by atoms with Gasteiger partial charge in [0.15, 0.2) is 0 Å². The van der Waals surface area contributed by atoms with Crippen molar-refractivity contribution in [2.24, 2.45) is 0 Å². The summed E-state index contributed by atoms with van der Waals surface area (Å²) in [6, 6.07) is 15.0. The van der Waals surface area contributed by atoms with Crippen LogP contribution in [0, 0.1) is 0 Å². The van der Waals surface area contributed by atoms with Crippen molar-refractivity contribution in [3.8, 4) is 0 Å². The zero-order chi connectivity index (χ0) is 16.6. The standard InChI is InChI=1S/C19H19NO3/c1-4-19(14-8-6-5-7-9-14)15-12-13(17(21)23-3)10-11-16(15)20(2)18(19)22/h5-12H,4H2,1-3H3. The van der Waals surface area contributed by atoms with Crippen LogP contribution in [0.5, 0.6) is 0 Å².